The van der Waals surface area contributed by atoms with E-state index in [4.69, 9.17) is 5.11 Å². The summed E-state index contributed by atoms with van der Waals surface area (Å²) in [6, 6.07) is 0.438. The van der Waals surface area contributed by atoms with Crippen LogP contribution in [0.4, 0.5) is 19.3 Å². The number of aromatic carboxylic acids is 1. The summed E-state index contributed by atoms with van der Waals surface area (Å²) in [6.07, 6.45) is 5.18. The maximum atomic E-state index is 13.5. The van der Waals surface area contributed by atoms with Crippen molar-refractivity contribution < 1.29 is 23.5 Å². The van der Waals surface area contributed by atoms with Gasteiger partial charge in [-0.2, -0.15) is 0 Å². The zero-order chi connectivity index (χ0) is 14.7. The smallest absolute Gasteiger partial charge is 0.338 e. The Balaban J connectivity index is 2.10. The number of hydrogen-bond donors (Lipinski definition) is 3. The molecule has 0 aliphatic heterocycles. The van der Waals surface area contributed by atoms with Crippen LogP contribution in [0.5, 0.6) is 0 Å². The second kappa shape index (κ2) is 5.68. The molecule has 0 saturated carbocycles. The number of nitrogens with one attached hydrogen (secondary N) is 2. The second-order valence-corrected chi connectivity index (χ2v) is 4.36. The molecule has 0 bridgehead atoms. The summed E-state index contributed by atoms with van der Waals surface area (Å²) in [4.78, 5) is 22.4. The lowest BCUT2D eigenvalue weighted by Gasteiger charge is -2.14. The van der Waals surface area contributed by atoms with E-state index < -0.39 is 29.2 Å². The molecule has 1 aromatic carbocycles. The van der Waals surface area contributed by atoms with Crippen LogP contribution in [0.15, 0.2) is 24.3 Å². The predicted molar refractivity (Wildman–Crippen MR) is 67.6 cm³/mol. The van der Waals surface area contributed by atoms with Crippen LogP contribution in [0.2, 0.25) is 0 Å². The Hall–Kier alpha value is -2.44. The molecule has 0 heterocycles. The molecule has 106 valence electrons. The van der Waals surface area contributed by atoms with Crippen LogP contribution >= 0.6 is 0 Å². The van der Waals surface area contributed by atoms with Crippen LogP contribution in [0.3, 0.4) is 0 Å². The van der Waals surface area contributed by atoms with E-state index in [1.54, 1.807) is 0 Å². The van der Waals surface area contributed by atoms with Crippen molar-refractivity contribution in [1.29, 1.82) is 0 Å². The Morgan fingerprint density at radius 3 is 2.40 bits per heavy atom. The highest BCUT2D eigenvalue weighted by atomic mass is 19.1. The lowest BCUT2D eigenvalue weighted by molar-refractivity contribution is 0.0692. The van der Waals surface area contributed by atoms with E-state index >= 15 is 0 Å². The number of amides is 2. The zero-order valence-electron chi connectivity index (χ0n) is 10.3. The molecule has 3 N–H and O–H groups in total. The Morgan fingerprint density at radius 1 is 1.15 bits per heavy atom. The first kappa shape index (κ1) is 14.0. The first-order chi connectivity index (χ1) is 9.47. The number of carboxylic acids is 1. The normalized spacial score (nSPS) is 14.3. The number of carbonyl (C=O) groups excluding carboxylic acids is 1. The quantitative estimate of drug-likeness (QED) is 0.745. The Bertz CT molecular complexity index is 579. The van der Waals surface area contributed by atoms with Crippen LogP contribution in [-0.2, 0) is 0 Å². The van der Waals surface area contributed by atoms with E-state index in [0.29, 0.717) is 18.9 Å². The van der Waals surface area contributed by atoms with Crippen LogP contribution in [0, 0.1) is 11.6 Å². The maximum absolute atomic E-state index is 13.5. The van der Waals surface area contributed by atoms with Gasteiger partial charge in [0.2, 0.25) is 0 Å². The van der Waals surface area contributed by atoms with Crippen LogP contribution < -0.4 is 10.6 Å². The van der Waals surface area contributed by atoms with E-state index in [-0.39, 0.29) is 11.7 Å². The third kappa shape index (κ3) is 3.11. The topological polar surface area (TPSA) is 78.4 Å². The van der Waals surface area contributed by atoms with E-state index in [2.05, 4.69) is 10.6 Å². The van der Waals surface area contributed by atoms with Gasteiger partial charge in [0.05, 0.1) is 11.3 Å². The highest BCUT2D eigenvalue weighted by molar-refractivity contribution is 5.93. The van der Waals surface area contributed by atoms with Crippen molar-refractivity contribution >= 4 is 17.7 Å². The molecule has 0 saturated heterocycles. The van der Waals surface area contributed by atoms with E-state index in [0.717, 1.165) is 6.07 Å². The largest absolute Gasteiger partial charge is 0.478 e. The summed E-state index contributed by atoms with van der Waals surface area (Å²) >= 11 is 0. The molecule has 0 fully saturated rings. The average Bonchev–Trinajstić information content (AvgIpc) is 2.84. The third-order valence-electron chi connectivity index (χ3n) is 2.88. The van der Waals surface area contributed by atoms with Gasteiger partial charge in [0.15, 0.2) is 0 Å². The molecule has 0 aromatic heterocycles. The lowest BCUT2D eigenvalue weighted by Crippen LogP contribution is -2.36. The molecule has 0 radical (unpaired) electrons. The van der Waals surface area contributed by atoms with Crippen LogP contribution in [-0.4, -0.2) is 23.1 Å². The minimum absolute atomic E-state index is 0.0718. The molecule has 1 aliphatic carbocycles. The molecule has 2 amide bonds. The summed E-state index contributed by atoms with van der Waals surface area (Å²) in [5.74, 6) is -3.76. The van der Waals surface area contributed by atoms with Gasteiger partial charge in [0.25, 0.3) is 0 Å². The number of carbonyl (C=O) groups is 2. The minimum Gasteiger partial charge on any atom is -0.478 e. The lowest BCUT2D eigenvalue weighted by atomic mass is 10.2. The molecular formula is C13H12F2N2O3. The number of benzene rings is 1. The van der Waals surface area contributed by atoms with Crippen molar-refractivity contribution in [3.63, 3.8) is 0 Å². The van der Waals surface area contributed by atoms with Crippen molar-refractivity contribution in [1.82, 2.24) is 5.32 Å². The number of urea groups is 1. The van der Waals surface area contributed by atoms with Gasteiger partial charge in [-0.1, -0.05) is 12.2 Å². The summed E-state index contributed by atoms with van der Waals surface area (Å²) in [7, 11) is 0. The highest BCUT2D eigenvalue weighted by Gasteiger charge is 2.18. The van der Waals surface area contributed by atoms with Gasteiger partial charge in [-0.3, -0.25) is 0 Å². The summed E-state index contributed by atoms with van der Waals surface area (Å²) in [5.41, 5.74) is -1.09. The molecule has 0 atom stereocenters. The number of halogens is 2. The average molecular weight is 282 g/mol. The molecule has 7 heteroatoms. The maximum Gasteiger partial charge on any atom is 0.338 e. The molecule has 0 unspecified atom stereocenters. The predicted octanol–water partition coefficient (Wildman–Crippen LogP) is 2.50. The van der Waals surface area contributed by atoms with Crippen molar-refractivity contribution in [2.24, 2.45) is 0 Å². The molecule has 5 nitrogen and oxygen atoms in total. The van der Waals surface area contributed by atoms with Crippen molar-refractivity contribution in [2.75, 3.05) is 5.32 Å². The van der Waals surface area contributed by atoms with Crippen molar-refractivity contribution in [3.05, 3.63) is 41.5 Å². The van der Waals surface area contributed by atoms with Gasteiger partial charge in [-0.15, -0.1) is 0 Å². The Morgan fingerprint density at radius 2 is 1.80 bits per heavy atom. The molecule has 20 heavy (non-hydrogen) atoms. The number of hydrogen-bond acceptors (Lipinski definition) is 2. The highest BCUT2D eigenvalue weighted by Crippen LogP contribution is 2.20. The monoisotopic (exact) mass is 282 g/mol. The molecule has 2 rings (SSSR count). The first-order valence-corrected chi connectivity index (χ1v) is 5.92. The summed E-state index contributed by atoms with van der Waals surface area (Å²) in [5, 5.41) is 13.5. The number of anilines is 1. The van der Waals surface area contributed by atoms with Gasteiger partial charge in [-0.05, 0) is 18.9 Å². The van der Waals surface area contributed by atoms with E-state index in [1.165, 1.54) is 0 Å². The van der Waals surface area contributed by atoms with Gasteiger partial charge in [0, 0.05) is 12.1 Å². The Kier molecular flexibility index (Phi) is 3.97. The fourth-order valence-corrected chi connectivity index (χ4v) is 1.89. The third-order valence-corrected chi connectivity index (χ3v) is 2.88. The van der Waals surface area contributed by atoms with Gasteiger partial charge >= 0.3 is 12.0 Å². The van der Waals surface area contributed by atoms with Crippen LogP contribution in [0.25, 0.3) is 0 Å². The van der Waals surface area contributed by atoms with Crippen LogP contribution in [0.1, 0.15) is 23.2 Å². The molecular weight excluding hydrogens is 270 g/mol. The standard InChI is InChI=1S/C13H12F2N2O3/c14-9-6-10(15)11(5-8(9)12(18)19)17-13(20)16-7-3-1-2-4-7/h1-2,5-7H,3-4H2,(H,18,19)(H2,16,17,20). The zero-order valence-corrected chi connectivity index (χ0v) is 10.3. The minimum atomic E-state index is -1.54. The van der Waals surface area contributed by atoms with E-state index in [9.17, 15) is 18.4 Å². The Labute approximate surface area is 113 Å². The van der Waals surface area contributed by atoms with Gasteiger partial charge < -0.3 is 15.7 Å². The number of rotatable bonds is 3. The van der Waals surface area contributed by atoms with Crippen molar-refractivity contribution in [2.45, 2.75) is 18.9 Å². The SMILES string of the molecule is O=C(Nc1cc(C(=O)O)c(F)cc1F)NC1CC=CC1. The fourth-order valence-electron chi connectivity index (χ4n) is 1.89. The summed E-state index contributed by atoms with van der Waals surface area (Å²) in [6.45, 7) is 0. The van der Waals surface area contributed by atoms with Gasteiger partial charge in [0.1, 0.15) is 11.6 Å². The summed E-state index contributed by atoms with van der Waals surface area (Å²) < 4.78 is 26.7. The molecule has 1 aliphatic rings. The molecule has 1 aromatic rings. The van der Waals surface area contributed by atoms with Gasteiger partial charge in [-0.25, -0.2) is 18.4 Å². The van der Waals surface area contributed by atoms with E-state index in [1.807, 2.05) is 12.2 Å². The van der Waals surface area contributed by atoms with Crippen molar-refractivity contribution in [3.8, 4) is 0 Å². The fraction of sp³-hybridized carbons (Fsp3) is 0.231. The molecule has 0 spiro atoms. The first-order valence-electron chi connectivity index (χ1n) is 5.92. The second-order valence-electron chi connectivity index (χ2n) is 4.36. The number of carboxylic acid groups (broad SMARTS) is 1.